The summed E-state index contributed by atoms with van der Waals surface area (Å²) >= 11 is 1.40. The van der Waals surface area contributed by atoms with Crippen molar-refractivity contribution < 1.29 is 14.3 Å². The highest BCUT2D eigenvalue weighted by molar-refractivity contribution is 8.00. The number of esters is 1. The fourth-order valence-electron chi connectivity index (χ4n) is 2.52. The van der Waals surface area contributed by atoms with Gasteiger partial charge in [0.2, 0.25) is 5.91 Å². The molecular weight excluding hydrogens is 286 g/mol. The summed E-state index contributed by atoms with van der Waals surface area (Å²) in [5, 5.41) is 0. The molecule has 1 heterocycles. The van der Waals surface area contributed by atoms with Gasteiger partial charge in [-0.3, -0.25) is 4.79 Å². The predicted octanol–water partition coefficient (Wildman–Crippen LogP) is 2.82. The van der Waals surface area contributed by atoms with E-state index in [2.05, 4.69) is 6.92 Å². The number of hydrogen-bond acceptors (Lipinski definition) is 4. The number of piperidine rings is 1. The normalized spacial score (nSPS) is 18.4. The maximum Gasteiger partial charge on any atom is 0.338 e. The lowest BCUT2D eigenvalue weighted by atomic mass is 10.0. The average molecular weight is 307 g/mol. The molecule has 1 aliphatic rings. The van der Waals surface area contributed by atoms with Crippen molar-refractivity contribution in [1.82, 2.24) is 4.90 Å². The van der Waals surface area contributed by atoms with Gasteiger partial charge in [-0.25, -0.2) is 4.79 Å². The first-order valence-electron chi connectivity index (χ1n) is 7.19. The predicted molar refractivity (Wildman–Crippen MR) is 83.5 cm³/mol. The van der Waals surface area contributed by atoms with Gasteiger partial charge in [-0.1, -0.05) is 19.1 Å². The first-order valence-corrected chi connectivity index (χ1v) is 8.18. The molecule has 0 N–H and O–H groups in total. The van der Waals surface area contributed by atoms with Crippen LogP contribution in [0, 0.1) is 5.92 Å². The second kappa shape index (κ2) is 7.50. The largest absolute Gasteiger partial charge is 0.465 e. The summed E-state index contributed by atoms with van der Waals surface area (Å²) < 4.78 is 4.77. The molecule has 1 aromatic carbocycles. The molecule has 4 nitrogen and oxygen atoms in total. The molecular formula is C16H21NO3S. The summed E-state index contributed by atoms with van der Waals surface area (Å²) in [6, 6.07) is 7.23. The highest BCUT2D eigenvalue weighted by atomic mass is 32.2. The van der Waals surface area contributed by atoms with Crippen molar-refractivity contribution >= 4 is 23.6 Å². The van der Waals surface area contributed by atoms with E-state index in [9.17, 15) is 9.59 Å². The topological polar surface area (TPSA) is 46.6 Å². The summed E-state index contributed by atoms with van der Waals surface area (Å²) in [4.78, 5) is 26.7. The minimum Gasteiger partial charge on any atom is -0.465 e. The number of thioether (sulfide) groups is 1. The van der Waals surface area contributed by atoms with E-state index < -0.39 is 0 Å². The van der Waals surface area contributed by atoms with Gasteiger partial charge in [0.1, 0.15) is 0 Å². The third-order valence-corrected chi connectivity index (χ3v) is 4.71. The Morgan fingerprint density at radius 2 is 2.14 bits per heavy atom. The van der Waals surface area contributed by atoms with Gasteiger partial charge >= 0.3 is 5.97 Å². The SMILES string of the molecule is COC(=O)c1ccccc1SCC(=O)N1CCCC(C)C1. The monoisotopic (exact) mass is 307 g/mol. The van der Waals surface area contributed by atoms with Crippen LogP contribution < -0.4 is 0 Å². The molecule has 0 radical (unpaired) electrons. The van der Waals surface area contributed by atoms with Gasteiger partial charge in [0.25, 0.3) is 0 Å². The number of ether oxygens (including phenoxy) is 1. The van der Waals surface area contributed by atoms with Crippen molar-refractivity contribution in [2.75, 3.05) is 26.0 Å². The third kappa shape index (κ3) is 4.24. The highest BCUT2D eigenvalue weighted by Crippen LogP contribution is 2.24. The molecule has 1 unspecified atom stereocenters. The van der Waals surface area contributed by atoms with Gasteiger partial charge < -0.3 is 9.64 Å². The molecule has 21 heavy (non-hydrogen) atoms. The van der Waals surface area contributed by atoms with Crippen LogP contribution in [0.25, 0.3) is 0 Å². The van der Waals surface area contributed by atoms with Gasteiger partial charge in [-0.2, -0.15) is 0 Å². The van der Waals surface area contributed by atoms with Crippen molar-refractivity contribution in [2.24, 2.45) is 5.92 Å². The average Bonchev–Trinajstić information content (AvgIpc) is 2.52. The molecule has 1 aromatic rings. The van der Waals surface area contributed by atoms with Gasteiger partial charge in [-0.15, -0.1) is 11.8 Å². The highest BCUT2D eigenvalue weighted by Gasteiger charge is 2.21. The molecule has 5 heteroatoms. The Kier molecular flexibility index (Phi) is 5.67. The Morgan fingerprint density at radius 3 is 2.86 bits per heavy atom. The summed E-state index contributed by atoms with van der Waals surface area (Å²) in [6.07, 6.45) is 2.28. The van der Waals surface area contributed by atoms with Crippen LogP contribution in [0.1, 0.15) is 30.1 Å². The summed E-state index contributed by atoms with van der Waals surface area (Å²) in [5.74, 6) is 0.721. The van der Waals surface area contributed by atoms with Crippen LogP contribution >= 0.6 is 11.8 Å². The minimum absolute atomic E-state index is 0.145. The van der Waals surface area contributed by atoms with Crippen LogP contribution in [-0.2, 0) is 9.53 Å². The van der Waals surface area contributed by atoms with Crippen molar-refractivity contribution in [2.45, 2.75) is 24.7 Å². The van der Waals surface area contributed by atoms with Gasteiger partial charge in [0.05, 0.1) is 18.4 Å². The van der Waals surface area contributed by atoms with E-state index in [1.165, 1.54) is 25.3 Å². The lowest BCUT2D eigenvalue weighted by Gasteiger charge is -2.30. The molecule has 1 atom stereocenters. The molecule has 2 rings (SSSR count). The fourth-order valence-corrected chi connectivity index (χ4v) is 3.46. The number of likely N-dealkylation sites (tertiary alicyclic amines) is 1. The molecule has 0 spiro atoms. The van der Waals surface area contributed by atoms with Crippen molar-refractivity contribution in [3.05, 3.63) is 29.8 Å². The van der Waals surface area contributed by atoms with Crippen molar-refractivity contribution in [3.63, 3.8) is 0 Å². The first-order chi connectivity index (χ1) is 10.1. The molecule has 0 bridgehead atoms. The zero-order valence-electron chi connectivity index (χ0n) is 12.5. The number of rotatable bonds is 4. The Morgan fingerprint density at radius 1 is 1.38 bits per heavy atom. The summed E-state index contributed by atoms with van der Waals surface area (Å²) in [5.41, 5.74) is 0.518. The van der Waals surface area contributed by atoms with Gasteiger partial charge in [-0.05, 0) is 30.9 Å². The number of hydrogen-bond donors (Lipinski definition) is 0. The Labute approximate surface area is 129 Å². The molecule has 1 saturated heterocycles. The Hall–Kier alpha value is -1.49. The van der Waals surface area contributed by atoms with E-state index in [0.29, 0.717) is 17.2 Å². The summed E-state index contributed by atoms with van der Waals surface area (Å²) in [6.45, 7) is 3.87. The zero-order valence-corrected chi connectivity index (χ0v) is 13.3. The molecule has 1 fully saturated rings. The number of carbonyl (C=O) groups excluding carboxylic acids is 2. The Balaban J connectivity index is 1.96. The number of nitrogens with zero attached hydrogens (tertiary/aromatic N) is 1. The first kappa shape index (κ1) is 15.9. The number of methoxy groups -OCH3 is 1. The van der Waals surface area contributed by atoms with Crippen molar-refractivity contribution in [1.29, 1.82) is 0 Å². The van der Waals surface area contributed by atoms with E-state index >= 15 is 0 Å². The standard InChI is InChI=1S/C16H21NO3S/c1-12-6-5-9-17(10-12)15(18)11-21-14-8-4-3-7-13(14)16(19)20-2/h3-4,7-8,12H,5-6,9-11H2,1-2H3. The van der Waals surface area contributed by atoms with Crippen LogP contribution in [0.2, 0.25) is 0 Å². The maximum absolute atomic E-state index is 12.3. The number of benzene rings is 1. The molecule has 114 valence electrons. The molecule has 0 saturated carbocycles. The van der Waals surface area contributed by atoms with Crippen LogP contribution in [-0.4, -0.2) is 42.7 Å². The van der Waals surface area contributed by atoms with E-state index in [-0.39, 0.29) is 11.9 Å². The minimum atomic E-state index is -0.364. The molecule has 0 aromatic heterocycles. The van der Waals surface area contributed by atoms with Gasteiger partial charge in [0.15, 0.2) is 0 Å². The number of carbonyl (C=O) groups is 2. The van der Waals surface area contributed by atoms with Crippen LogP contribution in [0.3, 0.4) is 0 Å². The third-order valence-electron chi connectivity index (χ3n) is 3.65. The lowest BCUT2D eigenvalue weighted by Crippen LogP contribution is -2.40. The van der Waals surface area contributed by atoms with Crippen LogP contribution in [0.4, 0.5) is 0 Å². The molecule has 1 amide bonds. The van der Waals surface area contributed by atoms with E-state index in [0.717, 1.165) is 24.4 Å². The Bertz CT molecular complexity index is 518. The summed E-state index contributed by atoms with van der Waals surface area (Å²) in [7, 11) is 1.37. The number of amides is 1. The smallest absolute Gasteiger partial charge is 0.338 e. The maximum atomic E-state index is 12.3. The second-order valence-corrected chi connectivity index (χ2v) is 6.38. The van der Waals surface area contributed by atoms with Crippen LogP contribution in [0.5, 0.6) is 0 Å². The second-order valence-electron chi connectivity index (χ2n) is 5.36. The van der Waals surface area contributed by atoms with Gasteiger partial charge in [0, 0.05) is 18.0 Å². The van der Waals surface area contributed by atoms with Crippen LogP contribution in [0.15, 0.2) is 29.2 Å². The van der Waals surface area contributed by atoms with Crippen molar-refractivity contribution in [3.8, 4) is 0 Å². The zero-order chi connectivity index (χ0) is 15.2. The molecule has 0 aliphatic carbocycles. The van der Waals surface area contributed by atoms with E-state index in [1.54, 1.807) is 12.1 Å². The molecule has 1 aliphatic heterocycles. The fraction of sp³-hybridized carbons (Fsp3) is 0.500. The van der Waals surface area contributed by atoms with E-state index in [4.69, 9.17) is 4.74 Å². The quantitative estimate of drug-likeness (QED) is 0.634. The van der Waals surface area contributed by atoms with E-state index in [1.807, 2.05) is 17.0 Å². The lowest BCUT2D eigenvalue weighted by molar-refractivity contribution is -0.130.